The summed E-state index contributed by atoms with van der Waals surface area (Å²) in [6.07, 6.45) is -7.61. The minimum atomic E-state index is -3.78. The molecule has 12 nitrogen and oxygen atoms in total. The molecule has 6 N–H and O–H groups in total. The second kappa shape index (κ2) is 9.28. The number of hydrogen-bond donors (Lipinski definition) is 6. The highest BCUT2D eigenvalue weighted by Crippen LogP contribution is 2.54. The number of carboxylic acids is 3. The number of carbonyl (C=O) groups is 4. The van der Waals surface area contributed by atoms with Crippen LogP contribution in [0.25, 0.3) is 0 Å². The van der Waals surface area contributed by atoms with Crippen LogP contribution >= 0.6 is 0 Å². The van der Waals surface area contributed by atoms with E-state index in [9.17, 15) is 49.8 Å². The Morgan fingerprint density at radius 1 is 0.943 bits per heavy atom. The molecule has 0 aromatic heterocycles. The van der Waals surface area contributed by atoms with Crippen molar-refractivity contribution in [3.63, 3.8) is 0 Å². The first kappa shape index (κ1) is 26.7. The van der Waals surface area contributed by atoms with Gasteiger partial charge in [-0.05, 0) is 18.4 Å². The molecule has 8 unspecified atom stereocenters. The molecule has 8 atom stereocenters. The standard InChI is InChI=1S/C23H28O12/c1-11(14(24)12(2)10-13-6-4-3-5-7-13)8-9-21-15(25)16(26)23(35-21,20(31)32)22(33,19(29)30)17(34-21)18(27)28/h3-7,11-12,15-17,25-26,33H,8-10H2,1-2H3,(H,27,28)(H,29,30)(H,31,32). The van der Waals surface area contributed by atoms with Gasteiger partial charge in [0.25, 0.3) is 0 Å². The van der Waals surface area contributed by atoms with Gasteiger partial charge in [0.05, 0.1) is 0 Å². The lowest BCUT2D eigenvalue weighted by molar-refractivity contribution is -0.374. The summed E-state index contributed by atoms with van der Waals surface area (Å²) in [6.45, 7) is 3.31. The lowest BCUT2D eigenvalue weighted by Crippen LogP contribution is -2.77. The van der Waals surface area contributed by atoms with Crippen molar-refractivity contribution in [3.05, 3.63) is 35.9 Å². The predicted molar refractivity (Wildman–Crippen MR) is 114 cm³/mol. The molecule has 1 aromatic rings. The Morgan fingerprint density at radius 3 is 2.06 bits per heavy atom. The van der Waals surface area contributed by atoms with Crippen LogP contribution in [-0.2, 0) is 35.1 Å². The van der Waals surface area contributed by atoms with Gasteiger partial charge in [0.1, 0.15) is 18.0 Å². The Labute approximate surface area is 199 Å². The molecular formula is C23H28O12. The molecule has 1 aromatic carbocycles. The molecule has 3 rings (SSSR count). The van der Waals surface area contributed by atoms with Crippen molar-refractivity contribution < 1.29 is 59.3 Å². The van der Waals surface area contributed by atoms with E-state index in [1.54, 1.807) is 13.8 Å². The van der Waals surface area contributed by atoms with Gasteiger partial charge in [-0.2, -0.15) is 0 Å². The molecule has 2 bridgehead atoms. The van der Waals surface area contributed by atoms with E-state index < -0.39 is 71.5 Å². The molecule has 35 heavy (non-hydrogen) atoms. The molecule has 0 amide bonds. The van der Waals surface area contributed by atoms with Gasteiger partial charge in [-0.3, -0.25) is 4.79 Å². The third kappa shape index (κ3) is 4.00. The van der Waals surface area contributed by atoms with Crippen LogP contribution in [0.15, 0.2) is 30.3 Å². The third-order valence-corrected chi connectivity index (χ3v) is 6.91. The van der Waals surface area contributed by atoms with E-state index in [2.05, 4.69) is 0 Å². The highest BCUT2D eigenvalue weighted by Gasteiger charge is 2.84. The van der Waals surface area contributed by atoms with Gasteiger partial charge in [0.15, 0.2) is 5.79 Å². The van der Waals surface area contributed by atoms with E-state index in [1.807, 2.05) is 30.3 Å². The number of carboxylic acid groups (broad SMARTS) is 3. The third-order valence-electron chi connectivity index (χ3n) is 6.91. The highest BCUT2D eigenvalue weighted by atomic mass is 16.8. The average Bonchev–Trinajstić information content (AvgIpc) is 3.00. The topological polar surface area (TPSA) is 208 Å². The fraction of sp³-hybridized carbons (Fsp3) is 0.565. The molecule has 2 aliphatic rings. The Bertz CT molecular complexity index is 1010. The minimum absolute atomic E-state index is 0.0880. The molecule has 2 aliphatic heterocycles. The van der Waals surface area contributed by atoms with Gasteiger partial charge in [0, 0.05) is 18.3 Å². The number of ketones is 1. The van der Waals surface area contributed by atoms with Crippen molar-refractivity contribution in [2.24, 2.45) is 11.8 Å². The van der Waals surface area contributed by atoms with Crippen LogP contribution in [0.1, 0.15) is 32.3 Å². The van der Waals surface area contributed by atoms with E-state index >= 15 is 0 Å². The lowest BCUT2D eigenvalue weighted by atomic mass is 9.74. The van der Waals surface area contributed by atoms with Gasteiger partial charge in [-0.1, -0.05) is 44.2 Å². The van der Waals surface area contributed by atoms with Crippen molar-refractivity contribution in [1.29, 1.82) is 0 Å². The van der Waals surface area contributed by atoms with Crippen molar-refractivity contribution in [3.8, 4) is 0 Å². The lowest BCUT2D eigenvalue weighted by Gasteiger charge is -2.48. The van der Waals surface area contributed by atoms with Crippen LogP contribution in [0.3, 0.4) is 0 Å². The van der Waals surface area contributed by atoms with Crippen molar-refractivity contribution in [1.82, 2.24) is 0 Å². The molecule has 0 radical (unpaired) electrons. The van der Waals surface area contributed by atoms with Crippen LogP contribution in [0, 0.1) is 11.8 Å². The quantitative estimate of drug-likeness (QED) is 0.240. The maximum Gasteiger partial charge on any atom is 0.343 e. The van der Waals surface area contributed by atoms with Gasteiger partial charge in [-0.25, -0.2) is 14.4 Å². The highest BCUT2D eigenvalue weighted by molar-refractivity contribution is 5.97. The number of Topliss-reactive ketones (excluding diaryl/α,β-unsaturated/α-hetero) is 1. The van der Waals surface area contributed by atoms with Crippen molar-refractivity contribution >= 4 is 23.7 Å². The number of carbonyl (C=O) groups excluding carboxylic acids is 1. The first-order valence-corrected chi connectivity index (χ1v) is 11.0. The monoisotopic (exact) mass is 496 g/mol. The minimum Gasteiger partial charge on any atom is -0.479 e. The number of hydrogen-bond acceptors (Lipinski definition) is 9. The molecular weight excluding hydrogens is 468 g/mol. The van der Waals surface area contributed by atoms with Crippen LogP contribution < -0.4 is 0 Å². The van der Waals surface area contributed by atoms with Crippen LogP contribution in [-0.4, -0.2) is 89.6 Å². The second-order valence-corrected chi connectivity index (χ2v) is 9.18. The zero-order chi connectivity index (χ0) is 26.3. The predicted octanol–water partition coefficient (Wildman–Crippen LogP) is -0.579. The number of aliphatic carboxylic acids is 3. The molecule has 0 saturated carbocycles. The summed E-state index contributed by atoms with van der Waals surface area (Å²) in [6, 6.07) is 9.26. The average molecular weight is 496 g/mol. The molecule has 192 valence electrons. The Kier molecular flexibility index (Phi) is 7.08. The normalized spacial score (nSPS) is 35.7. The Hall–Kier alpha value is -2.90. The summed E-state index contributed by atoms with van der Waals surface area (Å²) in [5.74, 6) is -10.3. The summed E-state index contributed by atoms with van der Waals surface area (Å²) in [4.78, 5) is 48.7. The van der Waals surface area contributed by atoms with E-state index in [0.717, 1.165) is 5.56 Å². The molecule has 12 heteroatoms. The molecule has 2 heterocycles. The first-order chi connectivity index (χ1) is 16.2. The summed E-state index contributed by atoms with van der Waals surface area (Å²) in [5, 5.41) is 60.8. The number of ether oxygens (including phenoxy) is 2. The van der Waals surface area contributed by atoms with Crippen molar-refractivity contribution in [2.75, 3.05) is 0 Å². The van der Waals surface area contributed by atoms with Gasteiger partial charge in [0.2, 0.25) is 17.3 Å². The van der Waals surface area contributed by atoms with E-state index in [-0.39, 0.29) is 12.2 Å². The maximum absolute atomic E-state index is 12.9. The smallest absolute Gasteiger partial charge is 0.343 e. The summed E-state index contributed by atoms with van der Waals surface area (Å²) in [7, 11) is 0. The number of aliphatic hydroxyl groups is 3. The van der Waals surface area contributed by atoms with E-state index in [1.165, 1.54) is 0 Å². The number of fused-ring (bicyclic) bond motifs is 2. The van der Waals surface area contributed by atoms with Crippen LogP contribution in [0.4, 0.5) is 0 Å². The zero-order valence-corrected chi connectivity index (χ0v) is 19.0. The molecule has 2 fully saturated rings. The fourth-order valence-corrected chi connectivity index (χ4v) is 4.94. The number of rotatable bonds is 10. The zero-order valence-electron chi connectivity index (χ0n) is 19.0. The first-order valence-electron chi connectivity index (χ1n) is 11.0. The summed E-state index contributed by atoms with van der Waals surface area (Å²) in [5.41, 5.74) is -6.29. The SMILES string of the molecule is CC(CCC12OC(C(=O)O)C(O)(C(=O)O)C(C(=O)O)(O1)C(O)C2O)C(=O)C(C)Cc1ccccc1. The Balaban J connectivity index is 1.87. The van der Waals surface area contributed by atoms with E-state index in [0.29, 0.717) is 6.42 Å². The van der Waals surface area contributed by atoms with Crippen LogP contribution in [0.2, 0.25) is 0 Å². The van der Waals surface area contributed by atoms with Gasteiger partial charge < -0.3 is 40.1 Å². The summed E-state index contributed by atoms with van der Waals surface area (Å²) < 4.78 is 10.5. The molecule has 2 saturated heterocycles. The number of aliphatic hydroxyl groups excluding tert-OH is 2. The number of benzene rings is 1. The molecule has 0 spiro atoms. The van der Waals surface area contributed by atoms with Crippen molar-refractivity contribution in [2.45, 2.75) is 68.4 Å². The Morgan fingerprint density at radius 2 is 1.54 bits per heavy atom. The largest absolute Gasteiger partial charge is 0.479 e. The van der Waals surface area contributed by atoms with Gasteiger partial charge in [-0.15, -0.1) is 0 Å². The van der Waals surface area contributed by atoms with E-state index in [4.69, 9.17) is 9.47 Å². The maximum atomic E-state index is 12.9. The summed E-state index contributed by atoms with van der Waals surface area (Å²) >= 11 is 0. The molecule has 0 aliphatic carbocycles. The van der Waals surface area contributed by atoms with Gasteiger partial charge >= 0.3 is 17.9 Å². The second-order valence-electron chi connectivity index (χ2n) is 9.18. The fourth-order valence-electron chi connectivity index (χ4n) is 4.94. The van der Waals surface area contributed by atoms with Crippen LogP contribution in [0.5, 0.6) is 0 Å².